The van der Waals surface area contributed by atoms with Gasteiger partial charge in [0.15, 0.2) is 0 Å². The van der Waals surface area contributed by atoms with Crippen LogP contribution in [-0.2, 0) is 16.0 Å². The molecule has 0 bridgehead atoms. The van der Waals surface area contributed by atoms with Gasteiger partial charge < -0.3 is 10.0 Å². The van der Waals surface area contributed by atoms with Crippen LogP contribution in [0.3, 0.4) is 0 Å². The number of hydrogen-bond acceptors (Lipinski definition) is 2. The van der Waals surface area contributed by atoms with Crippen molar-refractivity contribution in [1.82, 2.24) is 4.90 Å². The van der Waals surface area contributed by atoms with Crippen molar-refractivity contribution in [3.63, 3.8) is 0 Å². The number of carbonyl (C=O) groups is 2. The van der Waals surface area contributed by atoms with Gasteiger partial charge in [0.05, 0.1) is 6.04 Å². The fraction of sp³-hybridized carbons (Fsp3) is 0.385. The van der Waals surface area contributed by atoms with E-state index in [0.29, 0.717) is 0 Å². The predicted octanol–water partition coefficient (Wildman–Crippen LogP) is 1.61. The third kappa shape index (κ3) is 2.30. The highest BCUT2D eigenvalue weighted by Gasteiger charge is 2.28. The number of benzene rings is 1. The second kappa shape index (κ2) is 4.57. The minimum absolute atomic E-state index is 0.0260. The van der Waals surface area contributed by atoms with Gasteiger partial charge in [-0.3, -0.25) is 9.59 Å². The number of carboxylic acids is 1. The van der Waals surface area contributed by atoms with Gasteiger partial charge in [-0.2, -0.15) is 0 Å². The van der Waals surface area contributed by atoms with Gasteiger partial charge in [-0.25, -0.2) is 0 Å². The standard InChI is InChI=1S/C13H15NO3/c1-14(12(15)8-13(16)17)11-7-6-9-4-2-3-5-10(9)11/h2-5,11H,6-8H2,1H3,(H,16,17). The molecule has 1 aromatic carbocycles. The third-order valence-electron chi connectivity index (χ3n) is 3.26. The quantitative estimate of drug-likeness (QED) is 0.807. The van der Waals surface area contributed by atoms with Crippen LogP contribution >= 0.6 is 0 Å². The van der Waals surface area contributed by atoms with Crippen LogP contribution in [0.4, 0.5) is 0 Å². The molecule has 0 aliphatic heterocycles. The molecule has 0 saturated heterocycles. The first-order valence-electron chi connectivity index (χ1n) is 5.65. The fourth-order valence-corrected chi connectivity index (χ4v) is 2.36. The number of aryl methyl sites for hydroxylation is 1. The van der Waals surface area contributed by atoms with E-state index in [9.17, 15) is 9.59 Å². The molecule has 90 valence electrons. The predicted molar refractivity (Wildman–Crippen MR) is 62.5 cm³/mol. The summed E-state index contributed by atoms with van der Waals surface area (Å²) in [6.45, 7) is 0. The second-order valence-electron chi connectivity index (χ2n) is 4.33. The van der Waals surface area contributed by atoms with Crippen molar-refractivity contribution in [2.45, 2.75) is 25.3 Å². The Balaban J connectivity index is 2.15. The molecule has 4 heteroatoms. The van der Waals surface area contributed by atoms with E-state index in [2.05, 4.69) is 6.07 Å². The van der Waals surface area contributed by atoms with Crippen LogP contribution in [0.2, 0.25) is 0 Å². The van der Waals surface area contributed by atoms with E-state index in [-0.39, 0.29) is 11.9 Å². The molecule has 4 nitrogen and oxygen atoms in total. The van der Waals surface area contributed by atoms with Crippen molar-refractivity contribution in [3.8, 4) is 0 Å². The Morgan fingerprint density at radius 1 is 1.41 bits per heavy atom. The third-order valence-corrected chi connectivity index (χ3v) is 3.26. The molecule has 0 fully saturated rings. The molecule has 1 unspecified atom stereocenters. The summed E-state index contributed by atoms with van der Waals surface area (Å²) in [6.07, 6.45) is 1.39. The van der Waals surface area contributed by atoms with Gasteiger partial charge in [0.25, 0.3) is 0 Å². The zero-order chi connectivity index (χ0) is 12.4. The summed E-state index contributed by atoms with van der Waals surface area (Å²) in [6, 6.07) is 8.04. The van der Waals surface area contributed by atoms with Crippen LogP contribution in [-0.4, -0.2) is 28.9 Å². The molecule has 0 saturated carbocycles. The van der Waals surface area contributed by atoms with Crippen molar-refractivity contribution in [2.24, 2.45) is 0 Å². The first-order chi connectivity index (χ1) is 8.09. The lowest BCUT2D eigenvalue weighted by molar-refractivity contribution is -0.144. The number of rotatable bonds is 3. The average Bonchev–Trinajstić information content (AvgIpc) is 2.70. The van der Waals surface area contributed by atoms with E-state index in [1.54, 1.807) is 11.9 Å². The summed E-state index contributed by atoms with van der Waals surface area (Å²) >= 11 is 0. The average molecular weight is 233 g/mol. The lowest BCUT2D eigenvalue weighted by atomic mass is 10.1. The lowest BCUT2D eigenvalue weighted by Crippen LogP contribution is -2.31. The minimum Gasteiger partial charge on any atom is -0.481 e. The van der Waals surface area contributed by atoms with Crippen molar-refractivity contribution in [3.05, 3.63) is 35.4 Å². The molecule has 1 atom stereocenters. The first kappa shape index (κ1) is 11.6. The van der Waals surface area contributed by atoms with E-state index in [1.165, 1.54) is 5.56 Å². The number of aliphatic carboxylic acids is 1. The number of hydrogen-bond donors (Lipinski definition) is 1. The first-order valence-corrected chi connectivity index (χ1v) is 5.65. The summed E-state index contributed by atoms with van der Waals surface area (Å²) in [5.74, 6) is -1.41. The molecule has 0 aromatic heterocycles. The monoisotopic (exact) mass is 233 g/mol. The smallest absolute Gasteiger partial charge is 0.312 e. The number of nitrogens with zero attached hydrogens (tertiary/aromatic N) is 1. The van der Waals surface area contributed by atoms with Crippen molar-refractivity contribution < 1.29 is 14.7 Å². The maximum absolute atomic E-state index is 11.7. The molecule has 0 spiro atoms. The van der Waals surface area contributed by atoms with Crippen LogP contribution in [0.5, 0.6) is 0 Å². The highest BCUT2D eigenvalue weighted by molar-refractivity contribution is 5.93. The summed E-state index contributed by atoms with van der Waals surface area (Å²) in [4.78, 5) is 23.8. The molecular weight excluding hydrogens is 218 g/mol. The van der Waals surface area contributed by atoms with E-state index in [1.807, 2.05) is 18.2 Å². The van der Waals surface area contributed by atoms with Crippen LogP contribution in [0.1, 0.15) is 30.0 Å². The molecule has 0 radical (unpaired) electrons. The molecule has 0 heterocycles. The van der Waals surface area contributed by atoms with Crippen molar-refractivity contribution >= 4 is 11.9 Å². The van der Waals surface area contributed by atoms with E-state index < -0.39 is 12.4 Å². The number of carbonyl (C=O) groups excluding carboxylic acids is 1. The summed E-state index contributed by atoms with van der Waals surface area (Å²) < 4.78 is 0. The molecule has 1 aliphatic rings. The second-order valence-corrected chi connectivity index (χ2v) is 4.33. The van der Waals surface area contributed by atoms with Gasteiger partial charge >= 0.3 is 5.97 Å². The lowest BCUT2D eigenvalue weighted by Gasteiger charge is -2.24. The Kier molecular flexibility index (Phi) is 3.13. The Morgan fingerprint density at radius 2 is 2.12 bits per heavy atom. The summed E-state index contributed by atoms with van der Waals surface area (Å²) in [5, 5.41) is 8.62. The SMILES string of the molecule is CN(C(=O)CC(=O)O)C1CCc2ccccc21. The highest BCUT2D eigenvalue weighted by Crippen LogP contribution is 2.34. The van der Waals surface area contributed by atoms with Crippen LogP contribution in [0.15, 0.2) is 24.3 Å². The Labute approximate surface area is 99.9 Å². The molecule has 1 aromatic rings. The van der Waals surface area contributed by atoms with Gasteiger partial charge in [0, 0.05) is 7.05 Å². The van der Waals surface area contributed by atoms with Crippen LogP contribution < -0.4 is 0 Å². The van der Waals surface area contributed by atoms with Crippen molar-refractivity contribution in [1.29, 1.82) is 0 Å². The topological polar surface area (TPSA) is 57.6 Å². The molecular formula is C13H15NO3. The molecule has 17 heavy (non-hydrogen) atoms. The van der Waals surface area contributed by atoms with Gasteiger partial charge in [0.2, 0.25) is 5.91 Å². The van der Waals surface area contributed by atoms with Crippen LogP contribution in [0, 0.1) is 0 Å². The molecule has 1 N–H and O–H groups in total. The fourth-order valence-electron chi connectivity index (χ4n) is 2.36. The van der Waals surface area contributed by atoms with Crippen molar-refractivity contribution in [2.75, 3.05) is 7.05 Å². The van der Waals surface area contributed by atoms with Gasteiger partial charge in [-0.15, -0.1) is 0 Å². The number of fused-ring (bicyclic) bond motifs is 1. The van der Waals surface area contributed by atoms with Gasteiger partial charge in [0.1, 0.15) is 6.42 Å². The summed E-state index contributed by atoms with van der Waals surface area (Å²) in [7, 11) is 1.68. The minimum atomic E-state index is -1.08. The molecule has 1 amide bonds. The van der Waals surface area contributed by atoms with Crippen LogP contribution in [0.25, 0.3) is 0 Å². The maximum atomic E-state index is 11.7. The molecule has 1 aliphatic carbocycles. The Hall–Kier alpha value is -1.84. The Bertz CT molecular complexity index is 456. The normalized spacial score (nSPS) is 17.6. The number of carboxylic acid groups (broad SMARTS) is 1. The largest absolute Gasteiger partial charge is 0.481 e. The zero-order valence-electron chi connectivity index (χ0n) is 9.72. The highest BCUT2D eigenvalue weighted by atomic mass is 16.4. The van der Waals surface area contributed by atoms with Gasteiger partial charge in [-0.1, -0.05) is 24.3 Å². The van der Waals surface area contributed by atoms with E-state index in [4.69, 9.17) is 5.11 Å². The van der Waals surface area contributed by atoms with E-state index >= 15 is 0 Å². The van der Waals surface area contributed by atoms with Gasteiger partial charge in [-0.05, 0) is 24.0 Å². The number of amides is 1. The zero-order valence-corrected chi connectivity index (χ0v) is 9.72. The Morgan fingerprint density at radius 3 is 2.82 bits per heavy atom. The molecule has 2 rings (SSSR count). The van der Waals surface area contributed by atoms with E-state index in [0.717, 1.165) is 18.4 Å². The summed E-state index contributed by atoms with van der Waals surface area (Å²) in [5.41, 5.74) is 2.40. The maximum Gasteiger partial charge on any atom is 0.312 e.